The van der Waals surface area contributed by atoms with Crippen LogP contribution in [0.1, 0.15) is 35.2 Å². The fourth-order valence-electron chi connectivity index (χ4n) is 3.26. The van der Waals surface area contributed by atoms with E-state index in [9.17, 15) is 14.4 Å². The van der Waals surface area contributed by atoms with E-state index in [0.29, 0.717) is 36.0 Å². The summed E-state index contributed by atoms with van der Waals surface area (Å²) in [5, 5.41) is 0. The minimum Gasteiger partial charge on any atom is -0.497 e. The summed E-state index contributed by atoms with van der Waals surface area (Å²) in [6, 6.07) is 20.1. The maximum absolute atomic E-state index is 12.5. The fourth-order valence-corrected chi connectivity index (χ4v) is 3.26. The highest BCUT2D eigenvalue weighted by molar-refractivity contribution is 5.91. The molecule has 0 atom stereocenters. The van der Waals surface area contributed by atoms with Gasteiger partial charge in [0.15, 0.2) is 0 Å². The first kappa shape index (κ1) is 28.7. The highest BCUT2D eigenvalue weighted by Crippen LogP contribution is 2.20. The Hall–Kier alpha value is -4.85. The van der Waals surface area contributed by atoms with Gasteiger partial charge in [-0.15, -0.1) is 0 Å². The van der Waals surface area contributed by atoms with Gasteiger partial charge < -0.3 is 23.7 Å². The summed E-state index contributed by atoms with van der Waals surface area (Å²) in [7, 11) is 1.59. The van der Waals surface area contributed by atoms with Crippen molar-refractivity contribution in [2.24, 2.45) is 0 Å². The first-order valence-electron chi connectivity index (χ1n) is 12.3. The normalized spacial score (nSPS) is 10.5. The zero-order valence-corrected chi connectivity index (χ0v) is 21.7. The van der Waals surface area contributed by atoms with Crippen molar-refractivity contribution in [2.45, 2.75) is 19.3 Å². The van der Waals surface area contributed by atoms with Crippen LogP contribution in [-0.2, 0) is 14.3 Å². The second-order valence-electron chi connectivity index (χ2n) is 8.19. The van der Waals surface area contributed by atoms with Crippen molar-refractivity contribution in [1.29, 1.82) is 0 Å². The van der Waals surface area contributed by atoms with Crippen molar-refractivity contribution in [2.75, 3.05) is 20.3 Å². The lowest BCUT2D eigenvalue weighted by atomic mass is 10.2. The smallest absolute Gasteiger partial charge is 0.343 e. The van der Waals surface area contributed by atoms with Crippen LogP contribution in [0.15, 0.2) is 91.5 Å². The molecule has 202 valence electrons. The van der Waals surface area contributed by atoms with E-state index < -0.39 is 17.9 Å². The highest BCUT2D eigenvalue weighted by atomic mass is 16.5. The van der Waals surface area contributed by atoms with E-state index in [4.69, 9.17) is 23.7 Å². The van der Waals surface area contributed by atoms with Gasteiger partial charge >= 0.3 is 17.9 Å². The Labute approximate surface area is 227 Å². The average molecular weight is 531 g/mol. The van der Waals surface area contributed by atoms with Gasteiger partial charge in [-0.3, -0.25) is 0 Å². The van der Waals surface area contributed by atoms with Gasteiger partial charge in [0.1, 0.15) is 23.0 Å². The lowest BCUT2D eigenvalue weighted by Crippen LogP contribution is -2.09. The number of carbonyl (C=O) groups excluding carboxylic acids is 3. The Morgan fingerprint density at radius 1 is 0.692 bits per heavy atom. The summed E-state index contributed by atoms with van der Waals surface area (Å²) in [5.74, 6) is 0.516. The molecule has 39 heavy (non-hydrogen) atoms. The molecule has 3 rings (SSSR count). The van der Waals surface area contributed by atoms with Crippen LogP contribution in [0.25, 0.3) is 6.08 Å². The van der Waals surface area contributed by atoms with Crippen LogP contribution in [0.2, 0.25) is 0 Å². The van der Waals surface area contributed by atoms with Gasteiger partial charge in [-0.05, 0) is 91.6 Å². The van der Waals surface area contributed by atoms with Crippen LogP contribution >= 0.6 is 0 Å². The van der Waals surface area contributed by atoms with Crippen molar-refractivity contribution in [3.63, 3.8) is 0 Å². The van der Waals surface area contributed by atoms with E-state index in [2.05, 4.69) is 6.58 Å². The van der Waals surface area contributed by atoms with Crippen LogP contribution in [0.4, 0.5) is 0 Å². The molecule has 0 spiro atoms. The molecule has 0 aliphatic carbocycles. The molecule has 0 fully saturated rings. The van der Waals surface area contributed by atoms with E-state index >= 15 is 0 Å². The SMILES string of the molecule is C=CC(=O)OCCCCCOc1ccc(C(=O)Oc2ccc(OC(=O)/C=C/c3ccc(OC)cc3)cc2)cc1. The lowest BCUT2D eigenvalue weighted by molar-refractivity contribution is -0.137. The molecule has 0 aromatic heterocycles. The Balaban J connectivity index is 1.39. The summed E-state index contributed by atoms with van der Waals surface area (Å²) in [4.78, 5) is 35.5. The number of rotatable bonds is 14. The number of ether oxygens (including phenoxy) is 5. The molecular formula is C31H30O8. The molecule has 8 nitrogen and oxygen atoms in total. The molecule has 0 N–H and O–H groups in total. The van der Waals surface area contributed by atoms with Gasteiger partial charge in [0.2, 0.25) is 0 Å². The minimum absolute atomic E-state index is 0.313. The Bertz CT molecular complexity index is 1260. The van der Waals surface area contributed by atoms with Crippen LogP contribution in [0.5, 0.6) is 23.0 Å². The number of hydrogen-bond donors (Lipinski definition) is 0. The summed E-state index contributed by atoms with van der Waals surface area (Å²) < 4.78 is 26.4. The molecule has 3 aromatic rings. The van der Waals surface area contributed by atoms with Gasteiger partial charge in [0.25, 0.3) is 0 Å². The number of esters is 3. The summed E-state index contributed by atoms with van der Waals surface area (Å²) in [5.41, 5.74) is 1.20. The van der Waals surface area contributed by atoms with E-state index in [-0.39, 0.29) is 0 Å². The Morgan fingerprint density at radius 3 is 1.92 bits per heavy atom. The molecule has 0 saturated carbocycles. The van der Waals surface area contributed by atoms with Crippen LogP contribution in [-0.4, -0.2) is 38.2 Å². The first-order valence-corrected chi connectivity index (χ1v) is 12.3. The first-order chi connectivity index (χ1) is 19.0. The number of benzene rings is 3. The third-order valence-electron chi connectivity index (χ3n) is 5.34. The van der Waals surface area contributed by atoms with Crippen LogP contribution in [0, 0.1) is 0 Å². The van der Waals surface area contributed by atoms with Crippen LogP contribution < -0.4 is 18.9 Å². The monoisotopic (exact) mass is 530 g/mol. The second-order valence-corrected chi connectivity index (χ2v) is 8.19. The molecule has 0 amide bonds. The molecule has 3 aromatic carbocycles. The minimum atomic E-state index is -0.535. The van der Waals surface area contributed by atoms with E-state index in [1.807, 2.05) is 12.1 Å². The highest BCUT2D eigenvalue weighted by Gasteiger charge is 2.10. The summed E-state index contributed by atoms with van der Waals surface area (Å²) >= 11 is 0. The Kier molecular flexibility index (Phi) is 11.3. The summed E-state index contributed by atoms with van der Waals surface area (Å²) in [6.45, 7) is 4.21. The van der Waals surface area contributed by atoms with Crippen molar-refractivity contribution < 1.29 is 38.1 Å². The van der Waals surface area contributed by atoms with Crippen molar-refractivity contribution in [1.82, 2.24) is 0 Å². The largest absolute Gasteiger partial charge is 0.497 e. The van der Waals surface area contributed by atoms with Crippen LogP contribution in [0.3, 0.4) is 0 Å². The van der Waals surface area contributed by atoms with Gasteiger partial charge in [-0.25, -0.2) is 14.4 Å². The molecule has 0 unspecified atom stereocenters. The quantitative estimate of drug-likeness (QED) is 0.111. The Morgan fingerprint density at radius 2 is 1.28 bits per heavy atom. The number of methoxy groups -OCH3 is 1. The van der Waals surface area contributed by atoms with E-state index in [1.54, 1.807) is 73.8 Å². The molecule has 8 heteroatoms. The summed E-state index contributed by atoms with van der Waals surface area (Å²) in [6.07, 6.45) is 6.52. The standard InChI is InChI=1S/C31H30O8/c1-3-29(32)37-22-6-4-5-21-36-26-14-10-24(11-15-26)31(34)39-28-18-16-27(17-19-28)38-30(33)20-9-23-7-12-25(35-2)13-8-23/h3,7-20H,1,4-6,21-22H2,2H3/b20-9+. The molecular weight excluding hydrogens is 500 g/mol. The number of hydrogen-bond acceptors (Lipinski definition) is 8. The van der Waals surface area contributed by atoms with E-state index in [1.165, 1.54) is 6.08 Å². The van der Waals surface area contributed by atoms with Crippen molar-refractivity contribution in [3.8, 4) is 23.0 Å². The molecule has 0 aliphatic heterocycles. The molecule has 0 heterocycles. The zero-order chi connectivity index (χ0) is 27.9. The van der Waals surface area contributed by atoms with Gasteiger partial charge in [-0.2, -0.15) is 0 Å². The average Bonchev–Trinajstić information content (AvgIpc) is 2.97. The third kappa shape index (κ3) is 10.2. The van der Waals surface area contributed by atoms with Crippen molar-refractivity contribution in [3.05, 3.63) is 103 Å². The predicted octanol–water partition coefficient (Wildman–Crippen LogP) is 5.81. The predicted molar refractivity (Wildman–Crippen MR) is 146 cm³/mol. The second kappa shape index (κ2) is 15.4. The number of unbranched alkanes of at least 4 members (excludes halogenated alkanes) is 2. The van der Waals surface area contributed by atoms with Crippen molar-refractivity contribution >= 4 is 24.0 Å². The fraction of sp³-hybridized carbons (Fsp3) is 0.194. The molecule has 0 bridgehead atoms. The maximum atomic E-state index is 12.5. The van der Waals surface area contributed by atoms with Gasteiger partial charge in [0.05, 0.1) is 25.9 Å². The van der Waals surface area contributed by atoms with Gasteiger partial charge in [0, 0.05) is 12.2 Å². The molecule has 0 saturated heterocycles. The number of carbonyl (C=O) groups is 3. The molecule has 0 radical (unpaired) electrons. The zero-order valence-electron chi connectivity index (χ0n) is 21.7. The van der Waals surface area contributed by atoms with Gasteiger partial charge in [-0.1, -0.05) is 18.7 Å². The maximum Gasteiger partial charge on any atom is 0.343 e. The topological polar surface area (TPSA) is 97.4 Å². The third-order valence-corrected chi connectivity index (χ3v) is 5.34. The lowest BCUT2D eigenvalue weighted by Gasteiger charge is -2.08. The van der Waals surface area contributed by atoms with E-state index in [0.717, 1.165) is 36.7 Å². The molecule has 0 aliphatic rings.